The third-order valence-corrected chi connectivity index (χ3v) is 2.70. The number of hydrogen-bond acceptors (Lipinski definition) is 3. The molecule has 0 spiro atoms. The normalized spacial score (nSPS) is 10.7. The number of alkyl halides is 1. The first-order valence-corrected chi connectivity index (χ1v) is 5.95. The van der Waals surface area contributed by atoms with Gasteiger partial charge in [0.05, 0.1) is 18.2 Å². The Balaban J connectivity index is 2.36. The average molecular weight is 252 g/mol. The summed E-state index contributed by atoms with van der Waals surface area (Å²) in [5.41, 5.74) is 0.817. The van der Waals surface area contributed by atoms with Gasteiger partial charge in [-0.25, -0.2) is 4.98 Å². The number of halogens is 1. The van der Waals surface area contributed by atoms with Crippen molar-refractivity contribution in [2.75, 3.05) is 20.3 Å². The van der Waals surface area contributed by atoms with Crippen LogP contribution in [0.25, 0.3) is 10.8 Å². The highest BCUT2D eigenvalue weighted by Crippen LogP contribution is 2.24. The molecule has 0 saturated carbocycles. The van der Waals surface area contributed by atoms with E-state index < -0.39 is 0 Å². The van der Waals surface area contributed by atoms with E-state index in [4.69, 9.17) is 21.1 Å². The Hall–Kier alpha value is -1.32. The van der Waals surface area contributed by atoms with E-state index in [2.05, 4.69) is 4.98 Å². The summed E-state index contributed by atoms with van der Waals surface area (Å²) in [6.07, 6.45) is 0. The Morgan fingerprint density at radius 2 is 2.06 bits per heavy atom. The van der Waals surface area contributed by atoms with Gasteiger partial charge < -0.3 is 9.47 Å². The fourth-order valence-corrected chi connectivity index (χ4v) is 1.76. The summed E-state index contributed by atoms with van der Waals surface area (Å²) in [5.74, 6) is 1.00. The van der Waals surface area contributed by atoms with E-state index in [9.17, 15) is 0 Å². The molecule has 0 saturated heterocycles. The van der Waals surface area contributed by atoms with Gasteiger partial charge in [-0.3, -0.25) is 0 Å². The summed E-state index contributed by atoms with van der Waals surface area (Å²) in [6.45, 7) is 1.03. The van der Waals surface area contributed by atoms with Crippen molar-refractivity contribution in [2.45, 2.75) is 5.88 Å². The van der Waals surface area contributed by atoms with Crippen LogP contribution in [0.3, 0.4) is 0 Å². The van der Waals surface area contributed by atoms with Crippen LogP contribution in [0.5, 0.6) is 5.88 Å². The van der Waals surface area contributed by atoms with Crippen LogP contribution in [0.15, 0.2) is 30.3 Å². The average Bonchev–Trinajstić information content (AvgIpc) is 2.38. The fourth-order valence-electron chi connectivity index (χ4n) is 1.62. The second-order valence-electron chi connectivity index (χ2n) is 3.61. The number of nitrogens with zero attached hydrogens (tertiary/aromatic N) is 1. The van der Waals surface area contributed by atoms with Crippen LogP contribution in [0.4, 0.5) is 0 Å². The second kappa shape index (κ2) is 5.84. The van der Waals surface area contributed by atoms with Crippen molar-refractivity contribution in [3.05, 3.63) is 36.0 Å². The van der Waals surface area contributed by atoms with Crippen LogP contribution < -0.4 is 4.74 Å². The molecule has 0 unspecified atom stereocenters. The smallest absolute Gasteiger partial charge is 0.221 e. The number of ether oxygens (including phenoxy) is 2. The second-order valence-corrected chi connectivity index (χ2v) is 3.88. The predicted octanol–water partition coefficient (Wildman–Crippen LogP) is 3.00. The molecular formula is C13H14ClNO2. The quantitative estimate of drug-likeness (QED) is 0.605. The zero-order valence-electron chi connectivity index (χ0n) is 9.65. The van der Waals surface area contributed by atoms with Crippen LogP contribution in [-0.2, 0) is 10.6 Å². The zero-order valence-corrected chi connectivity index (χ0v) is 10.4. The fraction of sp³-hybridized carbons (Fsp3) is 0.308. The number of benzene rings is 1. The first-order valence-electron chi connectivity index (χ1n) is 5.41. The molecule has 0 bridgehead atoms. The number of aromatic nitrogens is 1. The van der Waals surface area contributed by atoms with E-state index in [1.807, 2.05) is 30.3 Å². The lowest BCUT2D eigenvalue weighted by Gasteiger charge is -2.09. The number of rotatable bonds is 5. The van der Waals surface area contributed by atoms with Gasteiger partial charge in [0.25, 0.3) is 0 Å². The molecule has 0 radical (unpaired) electrons. The third-order valence-electron chi connectivity index (χ3n) is 2.42. The lowest BCUT2D eigenvalue weighted by Crippen LogP contribution is -2.06. The van der Waals surface area contributed by atoms with E-state index in [0.29, 0.717) is 25.0 Å². The van der Waals surface area contributed by atoms with Crippen molar-refractivity contribution in [3.63, 3.8) is 0 Å². The summed E-state index contributed by atoms with van der Waals surface area (Å²) in [5, 5.41) is 2.09. The summed E-state index contributed by atoms with van der Waals surface area (Å²) in [4.78, 5) is 4.38. The van der Waals surface area contributed by atoms with Gasteiger partial charge in [0.15, 0.2) is 0 Å². The largest absolute Gasteiger partial charge is 0.475 e. The van der Waals surface area contributed by atoms with Crippen molar-refractivity contribution in [1.29, 1.82) is 0 Å². The Morgan fingerprint density at radius 1 is 1.24 bits per heavy atom. The van der Waals surface area contributed by atoms with Gasteiger partial charge in [0.1, 0.15) is 6.61 Å². The van der Waals surface area contributed by atoms with Gasteiger partial charge in [0.2, 0.25) is 5.88 Å². The minimum atomic E-state index is 0.380. The van der Waals surface area contributed by atoms with Crippen molar-refractivity contribution in [1.82, 2.24) is 4.98 Å². The number of hydrogen-bond donors (Lipinski definition) is 0. The summed E-state index contributed by atoms with van der Waals surface area (Å²) < 4.78 is 10.6. The van der Waals surface area contributed by atoms with Gasteiger partial charge in [0, 0.05) is 12.5 Å². The molecule has 0 atom stereocenters. The molecule has 2 aromatic rings. The molecule has 90 valence electrons. The van der Waals surface area contributed by atoms with Crippen LogP contribution >= 0.6 is 11.6 Å². The molecular weight excluding hydrogens is 238 g/mol. The van der Waals surface area contributed by atoms with Crippen LogP contribution in [0.2, 0.25) is 0 Å². The van der Waals surface area contributed by atoms with Crippen LogP contribution in [-0.4, -0.2) is 25.3 Å². The molecule has 0 aliphatic carbocycles. The minimum absolute atomic E-state index is 0.380. The molecule has 1 heterocycles. The van der Waals surface area contributed by atoms with E-state index >= 15 is 0 Å². The molecule has 1 aromatic carbocycles. The molecule has 0 amide bonds. The molecule has 1 aromatic heterocycles. The van der Waals surface area contributed by atoms with E-state index in [0.717, 1.165) is 16.5 Å². The summed E-state index contributed by atoms with van der Waals surface area (Å²) in [7, 11) is 1.64. The maximum Gasteiger partial charge on any atom is 0.221 e. The van der Waals surface area contributed by atoms with E-state index in [-0.39, 0.29) is 0 Å². The number of pyridine rings is 1. The highest BCUT2D eigenvalue weighted by molar-refractivity contribution is 6.17. The van der Waals surface area contributed by atoms with Crippen molar-refractivity contribution in [2.24, 2.45) is 0 Å². The van der Waals surface area contributed by atoms with Gasteiger partial charge in [-0.2, -0.15) is 0 Å². The van der Waals surface area contributed by atoms with Gasteiger partial charge in [-0.1, -0.05) is 18.2 Å². The van der Waals surface area contributed by atoms with Gasteiger partial charge >= 0.3 is 0 Å². The Bertz CT molecular complexity index is 502. The first-order chi connectivity index (χ1) is 8.35. The molecule has 3 nitrogen and oxygen atoms in total. The molecule has 4 heteroatoms. The molecule has 0 N–H and O–H groups in total. The topological polar surface area (TPSA) is 31.4 Å². The molecule has 2 rings (SSSR count). The third kappa shape index (κ3) is 2.87. The van der Waals surface area contributed by atoms with Crippen molar-refractivity contribution >= 4 is 22.4 Å². The molecule has 17 heavy (non-hydrogen) atoms. The standard InChI is InChI=1S/C13H14ClNO2/c1-16-6-7-17-13-12-5-3-2-4-10(12)8-11(9-14)15-13/h2-5,8H,6-7,9H2,1H3. The lowest BCUT2D eigenvalue weighted by molar-refractivity contribution is 0.144. The van der Waals surface area contributed by atoms with Crippen LogP contribution in [0, 0.1) is 0 Å². The zero-order chi connectivity index (χ0) is 12.1. The summed E-state index contributed by atoms with van der Waals surface area (Å²) in [6, 6.07) is 9.94. The van der Waals surface area contributed by atoms with Crippen molar-refractivity contribution in [3.8, 4) is 5.88 Å². The minimum Gasteiger partial charge on any atom is -0.475 e. The maximum absolute atomic E-state index is 5.82. The Morgan fingerprint density at radius 3 is 2.82 bits per heavy atom. The number of methoxy groups -OCH3 is 1. The predicted molar refractivity (Wildman–Crippen MR) is 68.7 cm³/mol. The maximum atomic E-state index is 5.82. The molecule has 0 aliphatic rings. The Labute approximate surface area is 105 Å². The van der Waals surface area contributed by atoms with Gasteiger partial charge in [-0.05, 0) is 17.5 Å². The molecule has 0 aliphatic heterocycles. The Kier molecular flexibility index (Phi) is 4.18. The lowest BCUT2D eigenvalue weighted by atomic mass is 10.1. The van der Waals surface area contributed by atoms with Crippen LogP contribution in [0.1, 0.15) is 5.69 Å². The van der Waals surface area contributed by atoms with E-state index in [1.54, 1.807) is 7.11 Å². The SMILES string of the molecule is COCCOc1nc(CCl)cc2ccccc12. The van der Waals surface area contributed by atoms with Crippen molar-refractivity contribution < 1.29 is 9.47 Å². The highest BCUT2D eigenvalue weighted by atomic mass is 35.5. The number of fused-ring (bicyclic) bond motifs is 1. The van der Waals surface area contributed by atoms with Gasteiger partial charge in [-0.15, -0.1) is 11.6 Å². The monoisotopic (exact) mass is 251 g/mol. The highest BCUT2D eigenvalue weighted by Gasteiger charge is 2.06. The molecule has 0 fully saturated rings. The first kappa shape index (κ1) is 12.1. The van der Waals surface area contributed by atoms with E-state index in [1.165, 1.54) is 0 Å². The summed E-state index contributed by atoms with van der Waals surface area (Å²) >= 11 is 5.82.